The summed E-state index contributed by atoms with van der Waals surface area (Å²) in [7, 11) is 1.50. The molecule has 158 valence electrons. The summed E-state index contributed by atoms with van der Waals surface area (Å²) in [6.07, 6.45) is -4.40. The molecule has 0 aromatic heterocycles. The molecular weight excluding hydrogens is 391 g/mol. The van der Waals surface area contributed by atoms with E-state index in [-0.39, 0.29) is 6.04 Å². The average Bonchev–Trinajstić information content (AvgIpc) is 2.73. The van der Waals surface area contributed by atoms with Crippen molar-refractivity contribution in [1.82, 2.24) is 5.32 Å². The molecule has 0 aliphatic heterocycles. The van der Waals surface area contributed by atoms with Gasteiger partial charge in [0.25, 0.3) is 0 Å². The highest BCUT2D eigenvalue weighted by Gasteiger charge is 2.30. The molecule has 0 unspecified atom stereocenters. The first kappa shape index (κ1) is 21.9. The summed E-state index contributed by atoms with van der Waals surface area (Å²) in [4.78, 5) is 0. The van der Waals surface area contributed by atoms with E-state index in [1.165, 1.54) is 19.2 Å². The van der Waals surface area contributed by atoms with Crippen molar-refractivity contribution in [2.75, 3.05) is 7.11 Å². The normalized spacial score (nSPS) is 14.8. The molecule has 30 heavy (non-hydrogen) atoms. The van der Waals surface area contributed by atoms with Crippen LogP contribution < -0.4 is 10.1 Å². The molecule has 6 heteroatoms. The molecule has 2 N–H and O–H groups in total. The third kappa shape index (κ3) is 4.83. The lowest BCUT2D eigenvalue weighted by molar-refractivity contribution is -0.137. The van der Waals surface area contributed by atoms with Gasteiger partial charge in [-0.2, -0.15) is 13.2 Å². The summed E-state index contributed by atoms with van der Waals surface area (Å²) in [6.45, 7) is 3.59. The van der Waals surface area contributed by atoms with Crippen LogP contribution in [0, 0.1) is 0 Å². The van der Waals surface area contributed by atoms with Gasteiger partial charge in [-0.15, -0.1) is 0 Å². The fourth-order valence-electron chi connectivity index (χ4n) is 3.41. The zero-order chi connectivity index (χ0) is 21.9. The van der Waals surface area contributed by atoms with Gasteiger partial charge in [0, 0.05) is 11.6 Å². The number of ether oxygens (including phenoxy) is 1. The van der Waals surface area contributed by atoms with E-state index in [1.54, 1.807) is 25.1 Å². The molecule has 0 saturated heterocycles. The van der Waals surface area contributed by atoms with Crippen LogP contribution in [0.2, 0.25) is 0 Å². The van der Waals surface area contributed by atoms with Crippen LogP contribution in [0.25, 0.3) is 11.1 Å². The maximum absolute atomic E-state index is 12.9. The first-order valence-corrected chi connectivity index (χ1v) is 9.53. The molecule has 0 radical (unpaired) electrons. The van der Waals surface area contributed by atoms with Crippen LogP contribution >= 0.6 is 0 Å². The number of methoxy groups -OCH3 is 1. The van der Waals surface area contributed by atoms with Gasteiger partial charge in [0.05, 0.1) is 12.7 Å². The molecule has 3 nitrogen and oxygen atoms in total. The molecule has 0 saturated carbocycles. The molecule has 3 rings (SSSR count). The Balaban J connectivity index is 1.93. The van der Waals surface area contributed by atoms with E-state index >= 15 is 0 Å². The topological polar surface area (TPSA) is 41.5 Å². The molecule has 0 amide bonds. The van der Waals surface area contributed by atoms with Crippen molar-refractivity contribution in [3.8, 4) is 16.9 Å². The Kier molecular flexibility index (Phi) is 6.19. The van der Waals surface area contributed by atoms with Crippen molar-refractivity contribution in [2.24, 2.45) is 0 Å². The lowest BCUT2D eigenvalue weighted by atomic mass is 9.95. The minimum absolute atomic E-state index is 0.127. The number of halogens is 3. The Bertz CT molecular complexity index is 984. The van der Waals surface area contributed by atoms with Crippen LogP contribution in [-0.2, 0) is 11.9 Å². The van der Waals surface area contributed by atoms with Gasteiger partial charge < -0.3 is 9.84 Å². The Labute approximate surface area is 174 Å². The Morgan fingerprint density at radius 1 is 0.900 bits per heavy atom. The lowest BCUT2D eigenvalue weighted by Gasteiger charge is -2.30. The number of nitrogens with one attached hydrogen (secondary N) is 1. The summed E-state index contributed by atoms with van der Waals surface area (Å²) >= 11 is 0. The van der Waals surface area contributed by atoms with E-state index in [1.807, 2.05) is 37.3 Å². The van der Waals surface area contributed by atoms with Gasteiger partial charge in [-0.1, -0.05) is 48.5 Å². The summed E-state index contributed by atoms with van der Waals surface area (Å²) < 4.78 is 44.0. The van der Waals surface area contributed by atoms with Crippen LogP contribution in [0.1, 0.15) is 36.6 Å². The molecule has 3 aromatic carbocycles. The fourth-order valence-corrected chi connectivity index (χ4v) is 3.41. The third-order valence-electron chi connectivity index (χ3n) is 5.08. The molecule has 0 aliphatic rings. The zero-order valence-electron chi connectivity index (χ0n) is 17.0. The summed E-state index contributed by atoms with van der Waals surface area (Å²) in [6, 6.07) is 19.6. The van der Waals surface area contributed by atoms with E-state index < -0.39 is 17.5 Å². The second-order valence-electron chi connectivity index (χ2n) is 7.34. The van der Waals surface area contributed by atoms with Crippen LogP contribution in [0.15, 0.2) is 72.8 Å². The Morgan fingerprint density at radius 3 is 2.07 bits per heavy atom. The predicted octanol–water partition coefficient (Wildman–Crippen LogP) is 5.90. The number of hydrogen-bond donors (Lipinski definition) is 2. The molecule has 0 fully saturated rings. The van der Waals surface area contributed by atoms with E-state index in [0.717, 1.165) is 17.7 Å². The van der Waals surface area contributed by atoms with Crippen LogP contribution in [0.4, 0.5) is 13.2 Å². The van der Waals surface area contributed by atoms with Crippen LogP contribution in [0.5, 0.6) is 5.75 Å². The monoisotopic (exact) mass is 415 g/mol. The predicted molar refractivity (Wildman–Crippen MR) is 111 cm³/mol. The number of benzene rings is 3. The molecule has 3 aromatic rings. The largest absolute Gasteiger partial charge is 0.496 e. The van der Waals surface area contributed by atoms with Gasteiger partial charge in [0.15, 0.2) is 0 Å². The van der Waals surface area contributed by atoms with E-state index in [0.29, 0.717) is 22.4 Å². The fraction of sp³-hybridized carbons (Fsp3) is 0.250. The highest BCUT2D eigenvalue weighted by atomic mass is 19.4. The van der Waals surface area contributed by atoms with E-state index in [9.17, 15) is 18.3 Å². The summed E-state index contributed by atoms with van der Waals surface area (Å²) in [5, 5.41) is 14.3. The maximum atomic E-state index is 12.9. The van der Waals surface area contributed by atoms with Crippen molar-refractivity contribution in [1.29, 1.82) is 0 Å². The molecule has 0 aliphatic carbocycles. The first-order valence-electron chi connectivity index (χ1n) is 9.53. The highest BCUT2D eigenvalue weighted by molar-refractivity contribution is 5.71. The zero-order valence-corrected chi connectivity index (χ0v) is 17.0. The van der Waals surface area contributed by atoms with Gasteiger partial charge >= 0.3 is 6.18 Å². The van der Waals surface area contributed by atoms with Crippen LogP contribution in [-0.4, -0.2) is 12.2 Å². The summed E-state index contributed by atoms with van der Waals surface area (Å²) in [5.41, 5.74) is 0.663. The third-order valence-corrected chi connectivity index (χ3v) is 5.08. The van der Waals surface area contributed by atoms with Gasteiger partial charge in [0.2, 0.25) is 0 Å². The van der Waals surface area contributed by atoms with Crippen molar-refractivity contribution in [3.05, 3.63) is 89.5 Å². The van der Waals surface area contributed by atoms with Crippen molar-refractivity contribution >= 4 is 0 Å². The van der Waals surface area contributed by atoms with E-state index in [2.05, 4.69) is 5.32 Å². The highest BCUT2D eigenvalue weighted by Crippen LogP contribution is 2.36. The molecule has 0 bridgehead atoms. The summed E-state index contributed by atoms with van der Waals surface area (Å²) in [5.74, 6) is 0.505. The number of rotatable bonds is 6. The smallest absolute Gasteiger partial charge is 0.416 e. The molecule has 0 spiro atoms. The number of hydrogen-bond acceptors (Lipinski definition) is 3. The van der Waals surface area contributed by atoms with Crippen molar-refractivity contribution < 1.29 is 23.0 Å². The Morgan fingerprint density at radius 2 is 1.50 bits per heavy atom. The van der Waals surface area contributed by atoms with Gasteiger partial charge in [-0.3, -0.25) is 5.32 Å². The second-order valence-corrected chi connectivity index (χ2v) is 7.34. The van der Waals surface area contributed by atoms with Gasteiger partial charge in [-0.25, -0.2) is 0 Å². The standard InChI is InChI=1S/C24H24F3NO2/c1-16(17-7-5-4-6-8-17)28-23(2,29)20-13-14-22(30-3)21(15-20)18-9-11-19(12-10-18)24(25,26)27/h4-16,28-29H,1-3H3/t16-,23-/m1/s1. The Hall–Kier alpha value is -2.83. The van der Waals surface area contributed by atoms with Crippen molar-refractivity contribution in [3.63, 3.8) is 0 Å². The maximum Gasteiger partial charge on any atom is 0.416 e. The number of alkyl halides is 3. The van der Waals surface area contributed by atoms with Crippen LogP contribution in [0.3, 0.4) is 0 Å². The lowest BCUT2D eigenvalue weighted by Crippen LogP contribution is -2.40. The quantitative estimate of drug-likeness (QED) is 0.493. The molecular formula is C24H24F3NO2. The van der Waals surface area contributed by atoms with Crippen molar-refractivity contribution in [2.45, 2.75) is 31.8 Å². The minimum atomic E-state index is -4.40. The first-order chi connectivity index (χ1) is 14.1. The second kappa shape index (κ2) is 8.50. The molecule has 0 heterocycles. The minimum Gasteiger partial charge on any atom is -0.496 e. The number of aliphatic hydroxyl groups is 1. The van der Waals surface area contributed by atoms with Gasteiger partial charge in [-0.05, 0) is 54.8 Å². The SMILES string of the molecule is COc1ccc([C@@](C)(O)N[C@H](C)c2ccccc2)cc1-c1ccc(C(F)(F)F)cc1. The van der Waals surface area contributed by atoms with E-state index in [4.69, 9.17) is 4.74 Å². The molecule has 2 atom stereocenters. The van der Waals surface area contributed by atoms with Gasteiger partial charge in [0.1, 0.15) is 11.5 Å². The average molecular weight is 415 g/mol.